The monoisotopic (exact) mass is 353 g/mol. The molecule has 0 aliphatic carbocycles. The van der Waals surface area contributed by atoms with Gasteiger partial charge in [0.05, 0.1) is 24.9 Å². The van der Waals surface area contributed by atoms with E-state index in [4.69, 9.17) is 16.3 Å². The lowest BCUT2D eigenvalue weighted by Crippen LogP contribution is -2.02. The molecule has 0 spiro atoms. The summed E-state index contributed by atoms with van der Waals surface area (Å²) >= 11 is 5.91. The number of nitrogens with zero attached hydrogens (tertiary/aromatic N) is 3. The molecular formula is C19H16ClN3O2. The third kappa shape index (κ3) is 4.33. The molecule has 0 atom stereocenters. The van der Waals surface area contributed by atoms with Gasteiger partial charge in [0.2, 0.25) is 0 Å². The highest BCUT2D eigenvalue weighted by Crippen LogP contribution is 2.22. The van der Waals surface area contributed by atoms with Crippen LogP contribution < -0.4 is 4.74 Å². The Kier molecular flexibility index (Phi) is 5.26. The van der Waals surface area contributed by atoms with Crippen LogP contribution in [0.1, 0.15) is 21.5 Å². The van der Waals surface area contributed by atoms with E-state index in [0.717, 1.165) is 16.9 Å². The molecule has 25 heavy (non-hydrogen) atoms. The van der Waals surface area contributed by atoms with Gasteiger partial charge in [-0.1, -0.05) is 23.7 Å². The number of hydrogen-bond acceptors (Lipinski definition) is 4. The van der Waals surface area contributed by atoms with Crippen LogP contribution in [-0.2, 0) is 6.54 Å². The zero-order valence-electron chi connectivity index (χ0n) is 13.6. The lowest BCUT2D eigenvalue weighted by Gasteiger charge is -2.09. The SMILES string of the molecule is COc1ccc(/C=C/C(=O)c2cccnc2)cc1Cn1cc(Cl)cn1. The summed E-state index contributed by atoms with van der Waals surface area (Å²) in [4.78, 5) is 16.1. The van der Waals surface area contributed by atoms with Crippen molar-refractivity contribution in [3.63, 3.8) is 0 Å². The van der Waals surface area contributed by atoms with E-state index in [1.165, 1.54) is 6.08 Å². The van der Waals surface area contributed by atoms with Crippen LogP contribution >= 0.6 is 11.6 Å². The molecule has 3 rings (SSSR count). The number of pyridine rings is 1. The smallest absolute Gasteiger partial charge is 0.187 e. The summed E-state index contributed by atoms with van der Waals surface area (Å²) in [5.74, 6) is 0.659. The van der Waals surface area contributed by atoms with Crippen molar-refractivity contribution in [1.29, 1.82) is 0 Å². The van der Waals surface area contributed by atoms with E-state index in [1.54, 1.807) is 54.8 Å². The second kappa shape index (κ2) is 7.77. The largest absolute Gasteiger partial charge is 0.496 e. The van der Waals surface area contributed by atoms with Crippen LogP contribution in [0.25, 0.3) is 6.08 Å². The lowest BCUT2D eigenvalue weighted by molar-refractivity contribution is 0.104. The van der Waals surface area contributed by atoms with E-state index in [-0.39, 0.29) is 5.78 Å². The fourth-order valence-corrected chi connectivity index (χ4v) is 2.56. The predicted molar refractivity (Wildman–Crippen MR) is 96.9 cm³/mol. The Morgan fingerprint density at radius 1 is 1.32 bits per heavy atom. The Bertz CT molecular complexity index is 904. The first kappa shape index (κ1) is 16.9. The normalized spacial score (nSPS) is 11.0. The quantitative estimate of drug-likeness (QED) is 0.498. The van der Waals surface area contributed by atoms with Crippen molar-refractivity contribution in [2.75, 3.05) is 7.11 Å². The van der Waals surface area contributed by atoms with Crippen LogP contribution in [-0.4, -0.2) is 27.7 Å². The first-order valence-corrected chi connectivity index (χ1v) is 8.01. The van der Waals surface area contributed by atoms with Gasteiger partial charge < -0.3 is 4.74 Å². The zero-order chi connectivity index (χ0) is 17.6. The summed E-state index contributed by atoms with van der Waals surface area (Å²) in [6.45, 7) is 0.522. The molecule has 6 heteroatoms. The van der Waals surface area contributed by atoms with E-state index < -0.39 is 0 Å². The maximum Gasteiger partial charge on any atom is 0.187 e. The summed E-state index contributed by atoms with van der Waals surface area (Å²) in [7, 11) is 1.62. The predicted octanol–water partition coefficient (Wildman–Crippen LogP) is 3.88. The number of rotatable bonds is 6. The summed E-state index contributed by atoms with van der Waals surface area (Å²) in [5, 5.41) is 4.76. The summed E-state index contributed by atoms with van der Waals surface area (Å²) < 4.78 is 7.13. The number of ether oxygens (including phenoxy) is 1. The second-order valence-electron chi connectivity index (χ2n) is 5.37. The first-order valence-electron chi connectivity index (χ1n) is 7.63. The minimum Gasteiger partial charge on any atom is -0.496 e. The van der Waals surface area contributed by atoms with E-state index in [0.29, 0.717) is 17.1 Å². The highest BCUT2D eigenvalue weighted by Gasteiger charge is 2.07. The Morgan fingerprint density at radius 3 is 2.88 bits per heavy atom. The van der Waals surface area contributed by atoms with Gasteiger partial charge in [-0.3, -0.25) is 14.5 Å². The summed E-state index contributed by atoms with van der Waals surface area (Å²) in [5.41, 5.74) is 2.39. The topological polar surface area (TPSA) is 57.0 Å². The Labute approximate surface area is 150 Å². The molecule has 0 amide bonds. The van der Waals surface area contributed by atoms with Gasteiger partial charge >= 0.3 is 0 Å². The average molecular weight is 354 g/mol. The molecule has 3 aromatic rings. The van der Waals surface area contributed by atoms with E-state index in [2.05, 4.69) is 10.1 Å². The molecule has 0 aliphatic heterocycles. The zero-order valence-corrected chi connectivity index (χ0v) is 14.3. The molecule has 126 valence electrons. The van der Waals surface area contributed by atoms with Crippen LogP contribution in [0.15, 0.2) is 61.2 Å². The number of aromatic nitrogens is 3. The molecule has 0 saturated carbocycles. The van der Waals surface area contributed by atoms with Gasteiger partial charge in [0.25, 0.3) is 0 Å². The third-order valence-corrected chi connectivity index (χ3v) is 3.81. The molecule has 0 bridgehead atoms. The number of ketones is 1. The second-order valence-corrected chi connectivity index (χ2v) is 5.80. The van der Waals surface area contributed by atoms with Crippen LogP contribution in [0, 0.1) is 0 Å². The fraction of sp³-hybridized carbons (Fsp3) is 0.105. The molecule has 0 unspecified atom stereocenters. The van der Waals surface area contributed by atoms with Gasteiger partial charge in [-0.2, -0.15) is 5.10 Å². The molecule has 0 radical (unpaired) electrons. The number of benzene rings is 1. The molecular weight excluding hydrogens is 338 g/mol. The Hall–Kier alpha value is -2.92. The van der Waals surface area contributed by atoms with Crippen molar-refractivity contribution in [3.8, 4) is 5.75 Å². The standard InChI is InChI=1S/C19H16ClN3O2/c1-25-19-7-5-14(4-6-18(24)15-3-2-8-21-10-15)9-16(19)12-23-13-17(20)11-22-23/h2-11,13H,12H2,1H3/b6-4+. The van der Waals surface area contributed by atoms with Gasteiger partial charge in [-0.25, -0.2) is 0 Å². The van der Waals surface area contributed by atoms with E-state index in [9.17, 15) is 4.79 Å². The van der Waals surface area contributed by atoms with Crippen molar-refractivity contribution >= 4 is 23.5 Å². The summed E-state index contributed by atoms with van der Waals surface area (Å²) in [6, 6.07) is 9.20. The molecule has 5 nitrogen and oxygen atoms in total. The molecule has 0 saturated heterocycles. The summed E-state index contributed by atoms with van der Waals surface area (Å²) in [6.07, 6.45) is 9.83. The number of allylic oxidation sites excluding steroid dienone is 1. The molecule has 1 aromatic carbocycles. The minimum atomic E-state index is -0.0932. The third-order valence-electron chi connectivity index (χ3n) is 3.61. The Balaban J connectivity index is 1.81. The number of methoxy groups -OCH3 is 1. The number of hydrogen-bond donors (Lipinski definition) is 0. The van der Waals surface area contributed by atoms with Crippen LogP contribution in [0.4, 0.5) is 0 Å². The highest BCUT2D eigenvalue weighted by atomic mass is 35.5. The molecule has 2 heterocycles. The Morgan fingerprint density at radius 2 is 2.20 bits per heavy atom. The van der Waals surface area contributed by atoms with Crippen molar-refractivity contribution in [2.45, 2.75) is 6.54 Å². The number of halogens is 1. The van der Waals surface area contributed by atoms with Gasteiger partial charge in [0.15, 0.2) is 5.78 Å². The van der Waals surface area contributed by atoms with Crippen molar-refractivity contribution in [1.82, 2.24) is 14.8 Å². The van der Waals surface area contributed by atoms with Crippen molar-refractivity contribution in [3.05, 3.63) is 82.9 Å². The molecule has 2 aromatic heterocycles. The first-order chi connectivity index (χ1) is 12.2. The molecule has 0 fully saturated rings. The van der Waals surface area contributed by atoms with Gasteiger partial charge in [0, 0.05) is 29.7 Å². The van der Waals surface area contributed by atoms with Crippen LogP contribution in [0.3, 0.4) is 0 Å². The molecule has 0 N–H and O–H groups in total. The number of carbonyl (C=O) groups excluding carboxylic acids is 1. The highest BCUT2D eigenvalue weighted by molar-refractivity contribution is 6.30. The van der Waals surface area contributed by atoms with Crippen molar-refractivity contribution in [2.24, 2.45) is 0 Å². The fourth-order valence-electron chi connectivity index (χ4n) is 2.40. The maximum atomic E-state index is 12.1. The van der Waals surface area contributed by atoms with E-state index in [1.807, 2.05) is 18.2 Å². The van der Waals surface area contributed by atoms with Gasteiger partial charge in [-0.05, 0) is 35.9 Å². The molecule has 0 aliphatic rings. The average Bonchev–Trinajstić information content (AvgIpc) is 3.05. The van der Waals surface area contributed by atoms with Crippen LogP contribution in [0.2, 0.25) is 5.02 Å². The van der Waals surface area contributed by atoms with E-state index >= 15 is 0 Å². The van der Waals surface area contributed by atoms with Crippen LogP contribution in [0.5, 0.6) is 5.75 Å². The lowest BCUT2D eigenvalue weighted by atomic mass is 10.1. The maximum absolute atomic E-state index is 12.1. The van der Waals surface area contributed by atoms with Crippen molar-refractivity contribution < 1.29 is 9.53 Å². The van der Waals surface area contributed by atoms with Gasteiger partial charge in [0.1, 0.15) is 5.75 Å². The van der Waals surface area contributed by atoms with Gasteiger partial charge in [-0.15, -0.1) is 0 Å². The number of carbonyl (C=O) groups is 1. The minimum absolute atomic E-state index is 0.0932.